The van der Waals surface area contributed by atoms with Crippen molar-refractivity contribution in [3.8, 4) is 6.07 Å². The summed E-state index contributed by atoms with van der Waals surface area (Å²) >= 11 is 6.06. The number of aryl methyl sites for hydroxylation is 1. The van der Waals surface area contributed by atoms with E-state index in [1.807, 2.05) is 39.0 Å². The van der Waals surface area contributed by atoms with Crippen LogP contribution >= 0.6 is 11.6 Å². The van der Waals surface area contributed by atoms with Gasteiger partial charge in [-0.15, -0.1) is 0 Å². The Morgan fingerprint density at radius 1 is 1.43 bits per heavy atom. The molecule has 23 heavy (non-hydrogen) atoms. The van der Waals surface area contributed by atoms with Gasteiger partial charge < -0.3 is 15.0 Å². The Kier molecular flexibility index (Phi) is 5.64. The van der Waals surface area contributed by atoms with Gasteiger partial charge in [0.15, 0.2) is 0 Å². The van der Waals surface area contributed by atoms with Crippen LogP contribution in [0, 0.1) is 18.3 Å². The van der Waals surface area contributed by atoms with Crippen LogP contribution < -0.4 is 5.32 Å². The highest BCUT2D eigenvalue weighted by Gasteiger charge is 2.27. The molecule has 0 saturated carbocycles. The van der Waals surface area contributed by atoms with Crippen LogP contribution in [0.2, 0.25) is 5.02 Å². The van der Waals surface area contributed by atoms with Crippen molar-refractivity contribution in [2.24, 2.45) is 0 Å². The summed E-state index contributed by atoms with van der Waals surface area (Å²) in [5, 5.41) is 12.9. The van der Waals surface area contributed by atoms with E-state index in [4.69, 9.17) is 16.3 Å². The minimum atomic E-state index is -0.291. The number of rotatable bonds is 3. The first kappa shape index (κ1) is 17.3. The van der Waals surface area contributed by atoms with Gasteiger partial charge in [0, 0.05) is 30.0 Å². The molecule has 1 N–H and O–H groups in total. The molecule has 0 aliphatic carbocycles. The van der Waals surface area contributed by atoms with Gasteiger partial charge in [0.25, 0.3) is 5.91 Å². The molecule has 0 aromatic heterocycles. The van der Waals surface area contributed by atoms with Crippen molar-refractivity contribution in [2.45, 2.75) is 33.0 Å². The van der Waals surface area contributed by atoms with E-state index in [-0.39, 0.29) is 23.7 Å². The van der Waals surface area contributed by atoms with E-state index < -0.39 is 0 Å². The highest BCUT2D eigenvalue weighted by molar-refractivity contribution is 6.31. The van der Waals surface area contributed by atoms with Gasteiger partial charge in [-0.2, -0.15) is 5.26 Å². The average Bonchev–Trinajstić information content (AvgIpc) is 2.50. The highest BCUT2D eigenvalue weighted by Crippen LogP contribution is 2.20. The van der Waals surface area contributed by atoms with Gasteiger partial charge in [-0.3, -0.25) is 4.79 Å². The maximum Gasteiger partial charge on any atom is 0.266 e. The van der Waals surface area contributed by atoms with Gasteiger partial charge in [-0.1, -0.05) is 17.7 Å². The molecule has 1 heterocycles. The summed E-state index contributed by atoms with van der Waals surface area (Å²) in [6.07, 6.45) is 1.35. The molecule has 1 aromatic rings. The monoisotopic (exact) mass is 333 g/mol. The number of ether oxygens (including phenoxy) is 1. The predicted octanol–water partition coefficient (Wildman–Crippen LogP) is 3.10. The molecule has 1 fully saturated rings. The van der Waals surface area contributed by atoms with Gasteiger partial charge in [-0.05, 0) is 38.5 Å². The summed E-state index contributed by atoms with van der Waals surface area (Å²) in [7, 11) is 0. The van der Waals surface area contributed by atoms with E-state index in [1.165, 1.54) is 6.20 Å². The number of anilines is 1. The lowest BCUT2D eigenvalue weighted by atomic mass is 10.2. The summed E-state index contributed by atoms with van der Waals surface area (Å²) in [6.45, 7) is 6.71. The van der Waals surface area contributed by atoms with Gasteiger partial charge >= 0.3 is 0 Å². The molecule has 1 aliphatic rings. The Bertz CT molecular complexity index is 656. The molecular weight excluding hydrogens is 314 g/mol. The maximum atomic E-state index is 12.5. The SMILES string of the molecule is Cc1ccc(N/C=C(/C#N)C(=O)N2CC(C)OC(C)C2)cc1Cl. The minimum Gasteiger partial charge on any atom is -0.372 e. The Labute approximate surface area is 141 Å². The quantitative estimate of drug-likeness (QED) is 0.682. The number of nitrogens with one attached hydrogen (secondary N) is 1. The Balaban J connectivity index is 2.10. The van der Waals surface area contributed by atoms with Crippen LogP contribution in [0.1, 0.15) is 19.4 Å². The third-order valence-corrected chi connectivity index (χ3v) is 4.02. The summed E-state index contributed by atoms with van der Waals surface area (Å²) in [5.74, 6) is -0.291. The third kappa shape index (κ3) is 4.47. The van der Waals surface area contributed by atoms with Crippen LogP contribution in [-0.2, 0) is 9.53 Å². The fourth-order valence-electron chi connectivity index (χ4n) is 2.49. The zero-order chi connectivity index (χ0) is 17.0. The summed E-state index contributed by atoms with van der Waals surface area (Å²) in [6, 6.07) is 7.43. The van der Waals surface area contributed by atoms with Crippen molar-refractivity contribution in [1.82, 2.24) is 4.90 Å². The topological polar surface area (TPSA) is 65.4 Å². The normalized spacial score (nSPS) is 21.7. The standard InChI is InChI=1S/C17H20ClN3O2/c1-11-4-5-15(6-16(11)18)20-8-14(7-19)17(22)21-9-12(2)23-13(3)10-21/h4-6,8,12-13,20H,9-10H2,1-3H3/b14-8-. The zero-order valence-corrected chi connectivity index (χ0v) is 14.2. The van der Waals surface area contributed by atoms with Gasteiger partial charge in [-0.25, -0.2) is 0 Å². The van der Waals surface area contributed by atoms with Crippen LogP contribution in [0.3, 0.4) is 0 Å². The third-order valence-electron chi connectivity index (χ3n) is 3.61. The van der Waals surface area contributed by atoms with E-state index in [9.17, 15) is 10.1 Å². The second-order valence-corrected chi connectivity index (χ2v) is 6.15. The van der Waals surface area contributed by atoms with E-state index >= 15 is 0 Å². The lowest BCUT2D eigenvalue weighted by molar-refractivity contribution is -0.138. The van der Waals surface area contributed by atoms with Crippen molar-refractivity contribution in [3.05, 3.63) is 40.6 Å². The number of carbonyl (C=O) groups excluding carboxylic acids is 1. The maximum absolute atomic E-state index is 12.5. The van der Waals surface area contributed by atoms with E-state index in [2.05, 4.69) is 5.32 Å². The first-order chi connectivity index (χ1) is 10.9. The number of carbonyl (C=O) groups is 1. The highest BCUT2D eigenvalue weighted by atomic mass is 35.5. The van der Waals surface area contributed by atoms with E-state index in [0.717, 1.165) is 11.3 Å². The predicted molar refractivity (Wildman–Crippen MR) is 90.1 cm³/mol. The number of nitrogens with zero attached hydrogens (tertiary/aromatic N) is 2. The van der Waals surface area contributed by atoms with Crippen LogP contribution in [0.4, 0.5) is 5.69 Å². The fraction of sp³-hybridized carbons (Fsp3) is 0.412. The molecule has 0 bridgehead atoms. The number of hydrogen-bond acceptors (Lipinski definition) is 4. The molecule has 2 rings (SSSR count). The van der Waals surface area contributed by atoms with Crippen molar-refractivity contribution in [1.29, 1.82) is 5.26 Å². The van der Waals surface area contributed by atoms with Crippen molar-refractivity contribution >= 4 is 23.2 Å². The molecule has 2 unspecified atom stereocenters. The number of hydrogen-bond donors (Lipinski definition) is 1. The lowest BCUT2D eigenvalue weighted by Gasteiger charge is -2.35. The molecule has 5 nitrogen and oxygen atoms in total. The summed E-state index contributed by atoms with van der Waals surface area (Å²) in [5.41, 5.74) is 1.75. The molecule has 1 aliphatic heterocycles. The van der Waals surface area contributed by atoms with Gasteiger partial charge in [0.2, 0.25) is 0 Å². The molecule has 2 atom stereocenters. The molecule has 1 saturated heterocycles. The molecule has 0 spiro atoms. The zero-order valence-electron chi connectivity index (χ0n) is 13.5. The number of benzene rings is 1. The molecular formula is C17H20ClN3O2. The number of morpholine rings is 1. The molecule has 1 amide bonds. The Hall–Kier alpha value is -2.03. The number of amides is 1. The summed E-state index contributed by atoms with van der Waals surface area (Å²) < 4.78 is 5.61. The summed E-state index contributed by atoms with van der Waals surface area (Å²) in [4.78, 5) is 14.1. The molecule has 0 radical (unpaired) electrons. The minimum absolute atomic E-state index is 0.0356. The van der Waals surface area contributed by atoms with E-state index in [1.54, 1.807) is 11.0 Å². The smallest absolute Gasteiger partial charge is 0.266 e. The molecule has 1 aromatic carbocycles. The number of nitriles is 1. The van der Waals surface area contributed by atoms with Crippen LogP contribution in [0.25, 0.3) is 0 Å². The van der Waals surface area contributed by atoms with Crippen molar-refractivity contribution in [3.63, 3.8) is 0 Å². The van der Waals surface area contributed by atoms with Crippen LogP contribution in [0.15, 0.2) is 30.0 Å². The van der Waals surface area contributed by atoms with Crippen LogP contribution in [-0.4, -0.2) is 36.1 Å². The fourth-order valence-corrected chi connectivity index (χ4v) is 2.67. The average molecular weight is 334 g/mol. The second kappa shape index (κ2) is 7.49. The second-order valence-electron chi connectivity index (χ2n) is 5.75. The van der Waals surface area contributed by atoms with Crippen molar-refractivity contribution < 1.29 is 9.53 Å². The Morgan fingerprint density at radius 3 is 2.65 bits per heavy atom. The molecule has 6 heteroatoms. The van der Waals surface area contributed by atoms with Gasteiger partial charge in [0.1, 0.15) is 11.6 Å². The largest absolute Gasteiger partial charge is 0.372 e. The first-order valence-corrected chi connectivity index (χ1v) is 7.86. The Morgan fingerprint density at radius 2 is 2.09 bits per heavy atom. The first-order valence-electron chi connectivity index (χ1n) is 7.48. The molecule has 122 valence electrons. The van der Waals surface area contributed by atoms with E-state index in [0.29, 0.717) is 18.1 Å². The number of halogens is 1. The van der Waals surface area contributed by atoms with Crippen molar-refractivity contribution in [2.75, 3.05) is 18.4 Å². The van der Waals surface area contributed by atoms with Gasteiger partial charge in [0.05, 0.1) is 12.2 Å². The van der Waals surface area contributed by atoms with Crippen LogP contribution in [0.5, 0.6) is 0 Å². The lowest BCUT2D eigenvalue weighted by Crippen LogP contribution is -2.48.